The van der Waals surface area contributed by atoms with Gasteiger partial charge in [0.1, 0.15) is 42.7 Å². The fourth-order valence-electron chi connectivity index (χ4n) is 6.75. The first-order chi connectivity index (χ1) is 24.3. The van der Waals surface area contributed by atoms with Crippen molar-refractivity contribution in [2.75, 3.05) is 19.8 Å². The Hall–Kier alpha value is -4.83. The molecule has 3 N–H and O–H groups in total. The molecule has 3 aliphatic carbocycles. The van der Waals surface area contributed by atoms with Gasteiger partial charge in [0.2, 0.25) is 21.8 Å². The van der Waals surface area contributed by atoms with Crippen molar-refractivity contribution in [2.45, 2.75) is 68.5 Å². The van der Waals surface area contributed by atoms with Crippen molar-refractivity contribution in [1.82, 2.24) is 20.0 Å². The molecule has 0 bridgehead atoms. The van der Waals surface area contributed by atoms with Crippen LogP contribution in [0.25, 0.3) is 11.1 Å². The van der Waals surface area contributed by atoms with Crippen LogP contribution < -0.4 is 10.0 Å². The van der Waals surface area contributed by atoms with E-state index in [-0.39, 0.29) is 24.4 Å². The number of ether oxygens (including phenoxy) is 1. The number of rotatable bonds is 13. The molecule has 14 nitrogen and oxygen atoms in total. The largest absolute Gasteiger partial charge is 0.445 e. The maximum Gasteiger partial charge on any atom is 0.434 e. The number of hydroxylamine groups is 2. The highest BCUT2D eigenvalue weighted by Crippen LogP contribution is 2.45. The first-order valence-corrected chi connectivity index (χ1v) is 18.3. The Balaban J connectivity index is 1.28. The number of halogens is 1. The van der Waals surface area contributed by atoms with Gasteiger partial charge in [-0.1, -0.05) is 73.6 Å². The Kier molecular flexibility index (Phi) is 9.92. The lowest BCUT2D eigenvalue weighted by Crippen LogP contribution is -2.59. The van der Waals surface area contributed by atoms with E-state index in [9.17, 15) is 37.2 Å². The molecule has 1 saturated heterocycles. The van der Waals surface area contributed by atoms with E-state index in [2.05, 4.69) is 21.8 Å². The Bertz CT molecular complexity index is 1840. The van der Waals surface area contributed by atoms with E-state index in [1.165, 1.54) is 6.08 Å². The number of hydrogen-bond donors (Lipinski definition) is 3. The van der Waals surface area contributed by atoms with Gasteiger partial charge in [-0.05, 0) is 36.3 Å². The summed E-state index contributed by atoms with van der Waals surface area (Å²) in [7, 11) is -3.94. The van der Waals surface area contributed by atoms with Gasteiger partial charge in [-0.3, -0.25) is 24.3 Å². The quantitative estimate of drug-likeness (QED) is 0.136. The fourth-order valence-corrected chi connectivity index (χ4v) is 8.12. The van der Waals surface area contributed by atoms with Gasteiger partial charge in [0, 0.05) is 23.5 Å². The lowest BCUT2D eigenvalue weighted by atomic mass is 10.0. The second kappa shape index (κ2) is 14.1. The molecule has 5 atom stereocenters. The van der Waals surface area contributed by atoms with Crippen molar-refractivity contribution < 1.29 is 46.8 Å². The van der Waals surface area contributed by atoms with Crippen LogP contribution in [0, 0.1) is 11.8 Å². The van der Waals surface area contributed by atoms with Crippen molar-refractivity contribution >= 4 is 39.5 Å². The number of nitrogens with zero attached hydrogens (tertiary/aromatic N) is 3. The molecule has 2 saturated carbocycles. The number of sulfonamides is 1. The summed E-state index contributed by atoms with van der Waals surface area (Å²) in [6.07, 6.45) is 0.0749. The van der Waals surface area contributed by atoms with Gasteiger partial charge in [-0.2, -0.15) is 5.06 Å². The van der Waals surface area contributed by atoms with Gasteiger partial charge in [0.15, 0.2) is 0 Å². The number of nitrogens with one attached hydrogen (secondary N) is 2. The number of oxime groups is 1. The molecule has 2 aromatic rings. The summed E-state index contributed by atoms with van der Waals surface area (Å²) in [6.45, 7) is 4.99. The van der Waals surface area contributed by atoms with E-state index < -0.39 is 87.9 Å². The predicted molar refractivity (Wildman–Crippen MR) is 181 cm³/mol. The molecule has 0 radical (unpaired) electrons. The monoisotopic (exact) mass is 725 g/mol. The third kappa shape index (κ3) is 6.94. The van der Waals surface area contributed by atoms with Crippen LogP contribution in [0.5, 0.6) is 0 Å². The Morgan fingerprint density at radius 2 is 1.71 bits per heavy atom. The predicted octanol–water partition coefficient (Wildman–Crippen LogP) is 2.90. The van der Waals surface area contributed by atoms with E-state index >= 15 is 0 Å². The van der Waals surface area contributed by atoms with Gasteiger partial charge >= 0.3 is 6.09 Å². The number of carbonyl (C=O) groups is 4. The van der Waals surface area contributed by atoms with Crippen LogP contribution in [0.15, 0.2) is 66.3 Å². The highest BCUT2D eigenvalue weighted by Gasteiger charge is 2.62. The molecule has 51 heavy (non-hydrogen) atoms. The minimum atomic E-state index is -3.94. The van der Waals surface area contributed by atoms with Gasteiger partial charge in [0.05, 0.1) is 11.8 Å². The molecule has 16 heteroatoms. The van der Waals surface area contributed by atoms with Crippen molar-refractivity contribution in [1.29, 1.82) is 0 Å². The molecule has 6 rings (SSSR count). The fraction of sp³-hybridized carbons (Fsp3) is 0.457. The van der Waals surface area contributed by atoms with Crippen molar-refractivity contribution in [3.8, 4) is 11.1 Å². The molecular weight excluding hydrogens is 685 g/mol. The molecule has 4 aliphatic rings. The maximum atomic E-state index is 14.2. The SMILES string of the molecule is C=C[C@@H]1C[C@@]1(NC(=O)[C@@H]1C[C@@H](ON=C2c3ccccc3-c3ccccc32)CN1C(=O)[C@@H](C(C)C)N(O)C(=O)OCCF)C(=O)NS(=O)(=O)C1CC1. The number of likely N-dealkylation sites (tertiary alicyclic amines) is 1. The van der Waals surface area contributed by atoms with Crippen molar-refractivity contribution in [3.63, 3.8) is 0 Å². The highest BCUT2D eigenvalue weighted by atomic mass is 32.2. The first-order valence-electron chi connectivity index (χ1n) is 16.8. The zero-order chi connectivity index (χ0) is 36.7. The molecule has 0 unspecified atom stereocenters. The van der Waals surface area contributed by atoms with Crippen LogP contribution in [0.2, 0.25) is 0 Å². The number of alkyl halides is 1. The molecule has 0 spiro atoms. The van der Waals surface area contributed by atoms with Gasteiger partial charge in [-0.25, -0.2) is 17.6 Å². The summed E-state index contributed by atoms with van der Waals surface area (Å²) in [5, 5.41) is 17.3. The lowest BCUT2D eigenvalue weighted by Gasteiger charge is -2.33. The number of benzene rings is 2. The molecule has 1 heterocycles. The van der Waals surface area contributed by atoms with Crippen LogP contribution >= 0.6 is 0 Å². The summed E-state index contributed by atoms with van der Waals surface area (Å²) in [4.78, 5) is 61.3. The molecule has 1 aliphatic heterocycles. The van der Waals surface area contributed by atoms with Crippen LogP contribution in [0.4, 0.5) is 9.18 Å². The van der Waals surface area contributed by atoms with E-state index in [1.807, 2.05) is 48.5 Å². The molecule has 3 fully saturated rings. The van der Waals surface area contributed by atoms with E-state index in [0.717, 1.165) is 27.2 Å². The Morgan fingerprint density at radius 1 is 1.10 bits per heavy atom. The topological polar surface area (TPSA) is 184 Å². The molecule has 2 aromatic carbocycles. The zero-order valence-corrected chi connectivity index (χ0v) is 29.0. The second-order valence-electron chi connectivity index (χ2n) is 13.5. The minimum absolute atomic E-state index is 0.0741. The van der Waals surface area contributed by atoms with Crippen molar-refractivity contribution in [2.24, 2.45) is 17.0 Å². The standard InChI is InChI=1S/C35H40FN5O9S/c1-4-21-18-35(21,33(44)39-51(47,48)23-13-14-23)37-31(42)28-17-22(19-40(28)32(43)30(20(2)3)41(46)34(45)49-16-15-36)50-38-29-26-11-7-5-9-24(26)25-10-6-8-12-27(25)29/h4-12,20-23,28,30,46H,1,13-19H2,2-3H3,(H,37,42)(H,39,44)/t21-,22-,28+,30-,35+/m1/s1. The third-order valence-electron chi connectivity index (χ3n) is 9.68. The van der Waals surface area contributed by atoms with Gasteiger partial charge < -0.3 is 19.8 Å². The first kappa shape index (κ1) is 36.0. The van der Waals surface area contributed by atoms with Gasteiger partial charge in [-0.15, -0.1) is 6.58 Å². The minimum Gasteiger partial charge on any atom is -0.445 e. The van der Waals surface area contributed by atoms with E-state index in [1.54, 1.807) is 13.8 Å². The number of carbonyl (C=O) groups excluding carboxylic acids is 4. The molecular formula is C35H40FN5O9S. The molecule has 272 valence electrons. The summed E-state index contributed by atoms with van der Waals surface area (Å²) < 4.78 is 44.7. The Labute approximate surface area is 294 Å². The summed E-state index contributed by atoms with van der Waals surface area (Å²) in [5.41, 5.74) is 2.53. The van der Waals surface area contributed by atoms with Crippen LogP contribution in [0.1, 0.15) is 50.7 Å². The van der Waals surface area contributed by atoms with Crippen LogP contribution in [0.3, 0.4) is 0 Å². The normalized spacial score (nSPS) is 23.8. The summed E-state index contributed by atoms with van der Waals surface area (Å²) in [6, 6.07) is 12.5. The molecule has 0 aromatic heterocycles. The summed E-state index contributed by atoms with van der Waals surface area (Å²) >= 11 is 0. The van der Waals surface area contributed by atoms with Crippen LogP contribution in [-0.2, 0) is 34.0 Å². The molecule has 4 amide bonds. The average Bonchev–Trinajstić information content (AvgIpc) is 4.02. The van der Waals surface area contributed by atoms with Crippen molar-refractivity contribution in [3.05, 3.63) is 72.3 Å². The number of hydrogen-bond acceptors (Lipinski definition) is 10. The average molecular weight is 726 g/mol. The summed E-state index contributed by atoms with van der Waals surface area (Å²) in [5.74, 6) is -3.81. The third-order valence-corrected chi connectivity index (χ3v) is 11.5. The van der Waals surface area contributed by atoms with Crippen LogP contribution in [-0.4, -0.2) is 102 Å². The lowest BCUT2D eigenvalue weighted by molar-refractivity contribution is -0.162. The number of amides is 4. The van der Waals surface area contributed by atoms with E-state index in [0.29, 0.717) is 18.6 Å². The smallest absolute Gasteiger partial charge is 0.434 e. The van der Waals surface area contributed by atoms with E-state index in [4.69, 9.17) is 9.57 Å². The Morgan fingerprint density at radius 3 is 2.24 bits per heavy atom. The second-order valence-corrected chi connectivity index (χ2v) is 15.5. The highest BCUT2D eigenvalue weighted by molar-refractivity contribution is 7.91. The number of fused-ring (bicyclic) bond motifs is 3. The maximum absolute atomic E-state index is 14.2. The van der Waals surface area contributed by atoms with Gasteiger partial charge in [0.25, 0.3) is 5.91 Å². The zero-order valence-electron chi connectivity index (χ0n) is 28.2.